The maximum Gasteiger partial charge on any atom is 0.191 e. The fraction of sp³-hybridized carbons (Fsp3) is 0.588. The molecule has 0 spiro atoms. The van der Waals surface area contributed by atoms with Crippen LogP contribution in [-0.2, 0) is 9.47 Å². The molecule has 1 unspecified atom stereocenters. The molecule has 1 aliphatic rings. The van der Waals surface area contributed by atoms with E-state index in [0.717, 1.165) is 18.9 Å². The van der Waals surface area contributed by atoms with Crippen molar-refractivity contribution in [3.8, 4) is 0 Å². The first-order valence-corrected chi connectivity index (χ1v) is 8.05. The molecule has 1 fully saturated rings. The van der Waals surface area contributed by atoms with Gasteiger partial charge in [-0.25, -0.2) is 8.78 Å². The Morgan fingerprint density at radius 3 is 2.60 bits per heavy atom. The van der Waals surface area contributed by atoms with Crippen molar-refractivity contribution in [2.45, 2.75) is 31.4 Å². The minimum absolute atomic E-state index is 0. The van der Waals surface area contributed by atoms with E-state index < -0.39 is 11.6 Å². The van der Waals surface area contributed by atoms with E-state index in [2.05, 4.69) is 15.6 Å². The number of halogens is 3. The number of methoxy groups -OCH3 is 1. The smallest absolute Gasteiger partial charge is 0.191 e. The Balaban J connectivity index is 0.00000312. The molecule has 5 nitrogen and oxygen atoms in total. The summed E-state index contributed by atoms with van der Waals surface area (Å²) < 4.78 is 37.9. The zero-order valence-corrected chi connectivity index (χ0v) is 17.1. The highest BCUT2D eigenvalue weighted by atomic mass is 127. The second-order valence-corrected chi connectivity index (χ2v) is 5.96. The summed E-state index contributed by atoms with van der Waals surface area (Å²) in [6.07, 6.45) is 1.60. The number of aliphatic imine (C=N–C) groups is 1. The van der Waals surface area contributed by atoms with E-state index in [0.29, 0.717) is 31.3 Å². The Bertz CT molecular complexity index is 581. The van der Waals surface area contributed by atoms with Gasteiger partial charge < -0.3 is 20.1 Å². The van der Waals surface area contributed by atoms with E-state index in [1.165, 1.54) is 12.1 Å². The average molecular weight is 469 g/mol. The monoisotopic (exact) mass is 469 g/mol. The summed E-state index contributed by atoms with van der Waals surface area (Å²) >= 11 is 0. The number of guanidine groups is 1. The molecule has 2 N–H and O–H groups in total. The number of nitrogens with one attached hydrogen (secondary N) is 2. The summed E-state index contributed by atoms with van der Waals surface area (Å²) in [5.74, 6) is -0.634. The van der Waals surface area contributed by atoms with E-state index in [-0.39, 0.29) is 35.6 Å². The third-order valence-electron chi connectivity index (χ3n) is 4.42. The van der Waals surface area contributed by atoms with Crippen molar-refractivity contribution in [3.05, 3.63) is 35.4 Å². The summed E-state index contributed by atoms with van der Waals surface area (Å²) in [6, 6.07) is 3.20. The van der Waals surface area contributed by atoms with E-state index in [9.17, 15) is 8.78 Å². The van der Waals surface area contributed by atoms with Gasteiger partial charge in [-0.1, -0.05) is 6.07 Å². The molecule has 0 amide bonds. The molecule has 1 aromatic carbocycles. The Morgan fingerprint density at radius 1 is 1.36 bits per heavy atom. The summed E-state index contributed by atoms with van der Waals surface area (Å²) in [5, 5.41) is 6.34. The fourth-order valence-electron chi connectivity index (χ4n) is 2.77. The van der Waals surface area contributed by atoms with Crippen molar-refractivity contribution < 1.29 is 18.3 Å². The first-order valence-electron chi connectivity index (χ1n) is 8.05. The van der Waals surface area contributed by atoms with Gasteiger partial charge in [0.25, 0.3) is 0 Å². The maximum absolute atomic E-state index is 13.9. The van der Waals surface area contributed by atoms with Crippen LogP contribution in [0.5, 0.6) is 0 Å². The molecule has 1 aliphatic heterocycles. The lowest BCUT2D eigenvalue weighted by Gasteiger charge is -2.36. The van der Waals surface area contributed by atoms with Crippen LogP contribution < -0.4 is 10.6 Å². The van der Waals surface area contributed by atoms with Crippen LogP contribution in [0.3, 0.4) is 0 Å². The largest absolute Gasteiger partial charge is 0.381 e. The molecule has 1 saturated heterocycles. The Kier molecular flexibility index (Phi) is 9.01. The number of ether oxygens (including phenoxy) is 2. The van der Waals surface area contributed by atoms with Gasteiger partial charge in [0.2, 0.25) is 0 Å². The van der Waals surface area contributed by atoms with E-state index in [1.54, 1.807) is 21.1 Å². The van der Waals surface area contributed by atoms with Gasteiger partial charge in [-0.15, -0.1) is 24.0 Å². The molecule has 0 radical (unpaired) electrons. The molecular formula is C17H26F2IN3O2. The number of hydrogen-bond acceptors (Lipinski definition) is 3. The van der Waals surface area contributed by atoms with Crippen LogP contribution in [0.2, 0.25) is 0 Å². The minimum Gasteiger partial charge on any atom is -0.381 e. The van der Waals surface area contributed by atoms with Crippen LogP contribution in [0, 0.1) is 11.6 Å². The number of benzene rings is 1. The summed E-state index contributed by atoms with van der Waals surface area (Å²) in [5.41, 5.74) is 0.0899. The van der Waals surface area contributed by atoms with Gasteiger partial charge in [0.15, 0.2) is 5.96 Å². The first-order chi connectivity index (χ1) is 11.5. The van der Waals surface area contributed by atoms with Gasteiger partial charge in [0.05, 0.1) is 11.6 Å². The number of nitrogens with zero attached hydrogens (tertiary/aromatic N) is 1. The van der Waals surface area contributed by atoms with Crippen molar-refractivity contribution in [2.75, 3.05) is 33.9 Å². The third kappa shape index (κ3) is 6.03. The Hall–Kier alpha value is -1.00. The van der Waals surface area contributed by atoms with Crippen molar-refractivity contribution in [1.82, 2.24) is 10.6 Å². The van der Waals surface area contributed by atoms with Gasteiger partial charge in [-0.3, -0.25) is 4.99 Å². The van der Waals surface area contributed by atoms with Crippen molar-refractivity contribution >= 4 is 29.9 Å². The molecule has 1 atom stereocenters. The summed E-state index contributed by atoms with van der Waals surface area (Å²) in [7, 11) is 3.34. The highest BCUT2D eigenvalue weighted by molar-refractivity contribution is 14.0. The van der Waals surface area contributed by atoms with Gasteiger partial charge >= 0.3 is 0 Å². The van der Waals surface area contributed by atoms with Crippen LogP contribution in [0.4, 0.5) is 8.78 Å². The third-order valence-corrected chi connectivity index (χ3v) is 4.42. The van der Waals surface area contributed by atoms with Crippen LogP contribution >= 0.6 is 24.0 Å². The molecule has 1 heterocycles. The zero-order valence-electron chi connectivity index (χ0n) is 14.8. The molecule has 8 heteroatoms. The minimum atomic E-state index is -0.590. The highest BCUT2D eigenvalue weighted by Crippen LogP contribution is 2.23. The van der Waals surface area contributed by atoms with Crippen LogP contribution in [-0.4, -0.2) is 45.5 Å². The Morgan fingerprint density at radius 2 is 2.04 bits per heavy atom. The zero-order chi connectivity index (χ0) is 17.6. The quantitative estimate of drug-likeness (QED) is 0.396. The van der Waals surface area contributed by atoms with Gasteiger partial charge in [-0.2, -0.15) is 0 Å². The lowest BCUT2D eigenvalue weighted by molar-refractivity contribution is -0.0855. The van der Waals surface area contributed by atoms with Crippen LogP contribution in [0.25, 0.3) is 0 Å². The second kappa shape index (κ2) is 10.2. The van der Waals surface area contributed by atoms with Gasteiger partial charge in [0, 0.05) is 58.4 Å². The van der Waals surface area contributed by atoms with E-state index >= 15 is 0 Å². The summed E-state index contributed by atoms with van der Waals surface area (Å²) in [4.78, 5) is 4.16. The molecule has 142 valence electrons. The molecule has 2 rings (SSSR count). The topological polar surface area (TPSA) is 54.9 Å². The van der Waals surface area contributed by atoms with Gasteiger partial charge in [-0.05, 0) is 13.0 Å². The van der Waals surface area contributed by atoms with Gasteiger partial charge in [0.1, 0.15) is 11.6 Å². The van der Waals surface area contributed by atoms with Crippen molar-refractivity contribution in [2.24, 2.45) is 4.99 Å². The predicted octanol–water partition coefficient (Wildman–Crippen LogP) is 3.00. The second-order valence-electron chi connectivity index (χ2n) is 5.96. The average Bonchev–Trinajstić information content (AvgIpc) is 2.59. The van der Waals surface area contributed by atoms with E-state index in [4.69, 9.17) is 9.47 Å². The lowest BCUT2D eigenvalue weighted by Crippen LogP contribution is -2.51. The van der Waals surface area contributed by atoms with E-state index in [1.807, 2.05) is 0 Å². The predicted molar refractivity (Wildman–Crippen MR) is 104 cm³/mol. The van der Waals surface area contributed by atoms with Crippen molar-refractivity contribution in [3.63, 3.8) is 0 Å². The number of rotatable bonds is 5. The molecule has 0 aromatic heterocycles. The lowest BCUT2D eigenvalue weighted by atomic mass is 9.94. The molecular weight excluding hydrogens is 443 g/mol. The molecule has 0 saturated carbocycles. The summed E-state index contributed by atoms with van der Waals surface area (Å²) in [6.45, 7) is 3.70. The van der Waals surface area contributed by atoms with Crippen LogP contribution in [0.1, 0.15) is 31.4 Å². The van der Waals surface area contributed by atoms with Crippen LogP contribution in [0.15, 0.2) is 23.2 Å². The highest BCUT2D eigenvalue weighted by Gasteiger charge is 2.32. The normalized spacial score (nSPS) is 18.2. The molecule has 1 aromatic rings. The number of hydrogen-bond donors (Lipinski definition) is 2. The first kappa shape index (κ1) is 22.0. The molecule has 0 aliphatic carbocycles. The fourth-order valence-corrected chi connectivity index (χ4v) is 2.77. The van der Waals surface area contributed by atoms with Crippen molar-refractivity contribution in [1.29, 1.82) is 0 Å². The Labute approximate surface area is 164 Å². The SMILES string of the molecule is CN=C(NCC1(OC)CCOCC1)NC(C)c1ccc(F)cc1F.I. The maximum atomic E-state index is 13.9. The standard InChI is InChI=1S/C17H25F2N3O2.HI/c1-12(14-5-4-13(18)10-15(14)19)22-16(20-2)21-11-17(23-3)6-8-24-9-7-17;/h4-5,10,12H,6-9,11H2,1-3H3,(H2,20,21,22);1H. The molecule has 25 heavy (non-hydrogen) atoms. The molecule has 0 bridgehead atoms.